The lowest BCUT2D eigenvalue weighted by Crippen LogP contribution is -2.13. The highest BCUT2D eigenvalue weighted by molar-refractivity contribution is 7.99. The number of nitrogen functional groups attached to an aromatic ring is 1. The van der Waals surface area contributed by atoms with E-state index in [1.165, 1.54) is 5.56 Å². The first-order chi connectivity index (χ1) is 8.70. The zero-order chi connectivity index (χ0) is 13.0. The Balaban J connectivity index is 2.00. The molecular weight excluding hydrogens is 246 g/mol. The van der Waals surface area contributed by atoms with Crippen molar-refractivity contribution in [2.75, 3.05) is 18.9 Å². The smallest absolute Gasteiger partial charge is 0.123 e. The SMILES string of the molecule is CCOc1ccc(N)cc1CSC1CCOC1C. The zero-order valence-electron chi connectivity index (χ0n) is 11.0. The molecule has 1 aromatic rings. The fraction of sp³-hybridized carbons (Fsp3) is 0.571. The molecule has 2 N–H and O–H groups in total. The predicted octanol–water partition coefficient (Wildman–Crippen LogP) is 3.08. The van der Waals surface area contributed by atoms with Crippen LogP contribution in [0.1, 0.15) is 25.8 Å². The lowest BCUT2D eigenvalue weighted by molar-refractivity contribution is 0.127. The molecule has 0 saturated carbocycles. The topological polar surface area (TPSA) is 44.5 Å². The molecule has 2 atom stereocenters. The van der Waals surface area contributed by atoms with Crippen LogP contribution in [0.2, 0.25) is 0 Å². The van der Waals surface area contributed by atoms with Crippen LogP contribution in [0.5, 0.6) is 5.75 Å². The second-order valence-corrected chi connectivity index (χ2v) is 5.74. The number of nitrogens with two attached hydrogens (primary N) is 1. The Kier molecular flexibility index (Phi) is 4.78. The minimum atomic E-state index is 0.353. The first kappa shape index (κ1) is 13.6. The van der Waals surface area contributed by atoms with Gasteiger partial charge in [-0.3, -0.25) is 0 Å². The van der Waals surface area contributed by atoms with Gasteiger partial charge in [-0.15, -0.1) is 0 Å². The molecule has 1 aliphatic rings. The summed E-state index contributed by atoms with van der Waals surface area (Å²) in [6, 6.07) is 5.86. The third kappa shape index (κ3) is 3.33. The molecule has 1 aliphatic heterocycles. The van der Waals surface area contributed by atoms with Gasteiger partial charge in [0.25, 0.3) is 0 Å². The van der Waals surface area contributed by atoms with Gasteiger partial charge in [-0.25, -0.2) is 0 Å². The number of hydrogen-bond donors (Lipinski definition) is 1. The molecule has 1 heterocycles. The molecule has 1 aromatic carbocycles. The van der Waals surface area contributed by atoms with Crippen molar-refractivity contribution in [1.29, 1.82) is 0 Å². The van der Waals surface area contributed by atoms with E-state index in [0.29, 0.717) is 18.0 Å². The van der Waals surface area contributed by atoms with E-state index in [2.05, 4.69) is 6.92 Å². The van der Waals surface area contributed by atoms with Crippen molar-refractivity contribution in [2.45, 2.75) is 37.4 Å². The van der Waals surface area contributed by atoms with Gasteiger partial charge in [0, 0.05) is 28.9 Å². The van der Waals surface area contributed by atoms with Crippen LogP contribution in [-0.2, 0) is 10.5 Å². The number of benzene rings is 1. The summed E-state index contributed by atoms with van der Waals surface area (Å²) in [6.07, 6.45) is 1.49. The number of ether oxygens (including phenoxy) is 2. The van der Waals surface area contributed by atoms with Gasteiger partial charge in [0.1, 0.15) is 5.75 Å². The monoisotopic (exact) mass is 267 g/mol. The second-order valence-electron chi connectivity index (χ2n) is 4.51. The summed E-state index contributed by atoms with van der Waals surface area (Å²) < 4.78 is 11.2. The van der Waals surface area contributed by atoms with E-state index in [0.717, 1.165) is 30.2 Å². The van der Waals surface area contributed by atoms with Crippen molar-refractivity contribution < 1.29 is 9.47 Å². The summed E-state index contributed by atoms with van der Waals surface area (Å²) in [7, 11) is 0. The van der Waals surface area contributed by atoms with E-state index in [1.807, 2.05) is 36.9 Å². The molecule has 0 bridgehead atoms. The summed E-state index contributed by atoms with van der Waals surface area (Å²) in [4.78, 5) is 0. The Morgan fingerprint density at radius 3 is 3.00 bits per heavy atom. The van der Waals surface area contributed by atoms with Crippen molar-refractivity contribution in [3.8, 4) is 5.75 Å². The fourth-order valence-electron chi connectivity index (χ4n) is 2.14. The third-order valence-electron chi connectivity index (χ3n) is 3.14. The molecule has 1 saturated heterocycles. The molecule has 0 spiro atoms. The predicted molar refractivity (Wildman–Crippen MR) is 77.1 cm³/mol. The van der Waals surface area contributed by atoms with Crippen LogP contribution in [-0.4, -0.2) is 24.6 Å². The van der Waals surface area contributed by atoms with Crippen LogP contribution in [0.4, 0.5) is 5.69 Å². The van der Waals surface area contributed by atoms with Crippen LogP contribution in [0.3, 0.4) is 0 Å². The normalized spacial score (nSPS) is 23.2. The van der Waals surface area contributed by atoms with Gasteiger partial charge in [-0.2, -0.15) is 11.8 Å². The zero-order valence-corrected chi connectivity index (χ0v) is 11.8. The van der Waals surface area contributed by atoms with Crippen LogP contribution in [0.25, 0.3) is 0 Å². The molecule has 18 heavy (non-hydrogen) atoms. The summed E-state index contributed by atoms with van der Waals surface area (Å²) in [5.41, 5.74) is 7.82. The summed E-state index contributed by atoms with van der Waals surface area (Å²) in [5.74, 6) is 1.88. The Labute approximate surface area is 113 Å². The fourth-order valence-corrected chi connectivity index (χ4v) is 3.37. The average Bonchev–Trinajstić information content (AvgIpc) is 2.75. The highest BCUT2D eigenvalue weighted by Gasteiger charge is 2.24. The maximum absolute atomic E-state index is 5.85. The summed E-state index contributed by atoms with van der Waals surface area (Å²) in [6.45, 7) is 5.71. The average molecular weight is 267 g/mol. The molecule has 3 nitrogen and oxygen atoms in total. The first-order valence-corrected chi connectivity index (χ1v) is 7.50. The lowest BCUT2D eigenvalue weighted by atomic mass is 10.2. The highest BCUT2D eigenvalue weighted by Crippen LogP contribution is 2.32. The number of rotatable bonds is 5. The Hall–Kier alpha value is -0.870. The standard InChI is InChI=1S/C14H21NO2S/c1-3-16-13-5-4-12(15)8-11(13)9-18-14-6-7-17-10(14)2/h4-5,8,10,14H,3,6-7,9,15H2,1-2H3. The Morgan fingerprint density at radius 2 is 2.33 bits per heavy atom. The quantitative estimate of drug-likeness (QED) is 0.833. The van der Waals surface area contributed by atoms with Crippen molar-refractivity contribution >= 4 is 17.4 Å². The van der Waals surface area contributed by atoms with E-state index in [-0.39, 0.29) is 0 Å². The van der Waals surface area contributed by atoms with E-state index in [9.17, 15) is 0 Å². The molecule has 0 aromatic heterocycles. The highest BCUT2D eigenvalue weighted by atomic mass is 32.2. The minimum absolute atomic E-state index is 0.353. The molecule has 0 aliphatic carbocycles. The Bertz CT molecular complexity index is 397. The van der Waals surface area contributed by atoms with Crippen molar-refractivity contribution in [2.24, 2.45) is 0 Å². The molecule has 0 amide bonds. The molecule has 0 radical (unpaired) electrons. The number of thioether (sulfide) groups is 1. The maximum Gasteiger partial charge on any atom is 0.123 e. The molecular formula is C14H21NO2S. The van der Waals surface area contributed by atoms with Gasteiger partial charge in [0.15, 0.2) is 0 Å². The third-order valence-corrected chi connectivity index (χ3v) is 4.67. The van der Waals surface area contributed by atoms with Gasteiger partial charge >= 0.3 is 0 Å². The lowest BCUT2D eigenvalue weighted by Gasteiger charge is -2.15. The van der Waals surface area contributed by atoms with Gasteiger partial charge in [0.2, 0.25) is 0 Å². The van der Waals surface area contributed by atoms with Crippen LogP contribution in [0.15, 0.2) is 18.2 Å². The van der Waals surface area contributed by atoms with Gasteiger partial charge in [-0.05, 0) is 38.5 Å². The van der Waals surface area contributed by atoms with E-state index in [1.54, 1.807) is 0 Å². The molecule has 100 valence electrons. The van der Waals surface area contributed by atoms with Crippen molar-refractivity contribution in [1.82, 2.24) is 0 Å². The largest absolute Gasteiger partial charge is 0.494 e. The van der Waals surface area contributed by atoms with Crippen LogP contribution in [0, 0.1) is 0 Å². The van der Waals surface area contributed by atoms with Gasteiger partial charge in [0.05, 0.1) is 12.7 Å². The first-order valence-electron chi connectivity index (χ1n) is 6.45. The van der Waals surface area contributed by atoms with E-state index in [4.69, 9.17) is 15.2 Å². The Morgan fingerprint density at radius 1 is 1.50 bits per heavy atom. The molecule has 2 rings (SSSR count). The summed E-state index contributed by atoms with van der Waals surface area (Å²) >= 11 is 1.93. The van der Waals surface area contributed by atoms with Gasteiger partial charge in [-0.1, -0.05) is 0 Å². The molecule has 4 heteroatoms. The maximum atomic E-state index is 5.85. The number of hydrogen-bond acceptors (Lipinski definition) is 4. The second kappa shape index (κ2) is 6.34. The van der Waals surface area contributed by atoms with E-state index < -0.39 is 0 Å². The van der Waals surface area contributed by atoms with Crippen LogP contribution >= 0.6 is 11.8 Å². The van der Waals surface area contributed by atoms with Crippen LogP contribution < -0.4 is 10.5 Å². The minimum Gasteiger partial charge on any atom is -0.494 e. The van der Waals surface area contributed by atoms with E-state index >= 15 is 0 Å². The summed E-state index contributed by atoms with van der Waals surface area (Å²) in [5, 5.41) is 0.584. The van der Waals surface area contributed by atoms with Crippen molar-refractivity contribution in [3.63, 3.8) is 0 Å². The van der Waals surface area contributed by atoms with Crippen molar-refractivity contribution in [3.05, 3.63) is 23.8 Å². The van der Waals surface area contributed by atoms with Gasteiger partial charge < -0.3 is 15.2 Å². The molecule has 2 unspecified atom stereocenters. The number of anilines is 1. The molecule has 1 fully saturated rings.